The van der Waals surface area contributed by atoms with E-state index in [-0.39, 0.29) is 5.54 Å². The number of nitrogens with zero attached hydrogens (tertiary/aromatic N) is 1. The normalized spacial score (nSPS) is 26.4. The lowest BCUT2D eigenvalue weighted by Gasteiger charge is -2.25. The zero-order valence-electron chi connectivity index (χ0n) is 8.09. The Morgan fingerprint density at radius 1 is 1.64 bits per heavy atom. The molecule has 4 heteroatoms. The van der Waals surface area contributed by atoms with Gasteiger partial charge in [0.05, 0.1) is 22.3 Å². The second kappa shape index (κ2) is 3.87. The Kier molecular flexibility index (Phi) is 2.74. The van der Waals surface area contributed by atoms with Crippen molar-refractivity contribution >= 4 is 21.6 Å². The van der Waals surface area contributed by atoms with Crippen LogP contribution in [0.3, 0.4) is 0 Å². The zero-order valence-corrected chi connectivity index (χ0v) is 9.67. The third-order valence-corrected chi connectivity index (χ3v) is 3.06. The van der Waals surface area contributed by atoms with E-state index in [4.69, 9.17) is 4.74 Å². The number of ether oxygens (including phenoxy) is 1. The van der Waals surface area contributed by atoms with Crippen molar-refractivity contribution in [3.63, 3.8) is 0 Å². The maximum Gasteiger partial charge on any atom is 0.0694 e. The van der Waals surface area contributed by atoms with E-state index in [0.29, 0.717) is 0 Å². The van der Waals surface area contributed by atoms with Crippen LogP contribution < -0.4 is 5.32 Å². The fourth-order valence-corrected chi connectivity index (χ4v) is 1.92. The van der Waals surface area contributed by atoms with E-state index in [0.717, 1.165) is 29.8 Å². The van der Waals surface area contributed by atoms with Gasteiger partial charge in [-0.15, -0.1) is 0 Å². The average Bonchev–Trinajstić information content (AvgIpc) is 2.57. The summed E-state index contributed by atoms with van der Waals surface area (Å²) in [5, 5.41) is 3.47. The number of aromatic nitrogens is 1. The van der Waals surface area contributed by atoms with Gasteiger partial charge < -0.3 is 10.1 Å². The summed E-state index contributed by atoms with van der Waals surface area (Å²) in [6.45, 7) is 3.78. The van der Waals surface area contributed by atoms with Crippen molar-refractivity contribution in [3.05, 3.63) is 22.9 Å². The molecule has 1 fully saturated rings. The van der Waals surface area contributed by atoms with Gasteiger partial charge in [0.15, 0.2) is 0 Å². The Bertz CT molecular complexity index is 324. The third kappa shape index (κ3) is 2.07. The van der Waals surface area contributed by atoms with Crippen molar-refractivity contribution in [3.8, 4) is 0 Å². The van der Waals surface area contributed by atoms with Gasteiger partial charge in [-0.3, -0.25) is 4.98 Å². The summed E-state index contributed by atoms with van der Waals surface area (Å²) in [5.41, 5.74) is 1.14. The number of hydrogen-bond donors (Lipinski definition) is 1. The second-order valence-electron chi connectivity index (χ2n) is 3.84. The lowest BCUT2D eigenvalue weighted by atomic mass is 10.0. The maximum absolute atomic E-state index is 5.38. The van der Waals surface area contributed by atoms with Crippen molar-refractivity contribution in [2.24, 2.45) is 0 Å². The van der Waals surface area contributed by atoms with Gasteiger partial charge in [-0.05, 0) is 35.3 Å². The van der Waals surface area contributed by atoms with Crippen molar-refractivity contribution in [1.82, 2.24) is 4.98 Å². The largest absolute Gasteiger partial charge is 0.379 e. The van der Waals surface area contributed by atoms with Gasteiger partial charge in [0.2, 0.25) is 0 Å². The lowest BCUT2D eigenvalue weighted by molar-refractivity contribution is 0.185. The number of halogens is 1. The molecule has 0 saturated carbocycles. The van der Waals surface area contributed by atoms with Gasteiger partial charge in [0.1, 0.15) is 0 Å². The van der Waals surface area contributed by atoms with E-state index in [2.05, 4.69) is 33.2 Å². The molecule has 0 spiro atoms. The lowest BCUT2D eigenvalue weighted by Crippen LogP contribution is -2.35. The molecule has 0 radical (unpaired) electrons. The quantitative estimate of drug-likeness (QED) is 0.883. The van der Waals surface area contributed by atoms with Gasteiger partial charge in [-0.1, -0.05) is 0 Å². The van der Waals surface area contributed by atoms with Crippen molar-refractivity contribution in [1.29, 1.82) is 0 Å². The second-order valence-corrected chi connectivity index (χ2v) is 4.70. The molecule has 1 aliphatic heterocycles. The van der Waals surface area contributed by atoms with E-state index in [1.165, 1.54) is 0 Å². The molecule has 1 saturated heterocycles. The molecular formula is C10H13BrN2O. The average molecular weight is 257 g/mol. The number of rotatable bonds is 2. The minimum Gasteiger partial charge on any atom is -0.379 e. The molecule has 1 aromatic heterocycles. The Hall–Kier alpha value is -0.610. The molecule has 3 nitrogen and oxygen atoms in total. The van der Waals surface area contributed by atoms with Gasteiger partial charge in [0, 0.05) is 19.0 Å². The highest BCUT2D eigenvalue weighted by Crippen LogP contribution is 2.27. The number of hydrogen-bond acceptors (Lipinski definition) is 3. The minimum absolute atomic E-state index is 0.0594. The number of anilines is 1. The maximum atomic E-state index is 5.38. The predicted molar refractivity (Wildman–Crippen MR) is 59.4 cm³/mol. The van der Waals surface area contributed by atoms with Crippen LogP contribution >= 0.6 is 15.9 Å². The van der Waals surface area contributed by atoms with Gasteiger partial charge in [0.25, 0.3) is 0 Å². The van der Waals surface area contributed by atoms with E-state index >= 15 is 0 Å². The van der Waals surface area contributed by atoms with Crippen molar-refractivity contribution in [2.75, 3.05) is 18.5 Å². The molecule has 1 atom stereocenters. The van der Waals surface area contributed by atoms with Gasteiger partial charge in [-0.2, -0.15) is 0 Å². The molecule has 2 rings (SSSR count). The molecule has 1 N–H and O–H groups in total. The van der Waals surface area contributed by atoms with Crippen LogP contribution in [0.25, 0.3) is 0 Å². The van der Waals surface area contributed by atoms with Gasteiger partial charge >= 0.3 is 0 Å². The van der Waals surface area contributed by atoms with Crippen molar-refractivity contribution in [2.45, 2.75) is 18.9 Å². The minimum atomic E-state index is 0.0594. The van der Waals surface area contributed by atoms with E-state index in [9.17, 15) is 0 Å². The molecule has 1 aliphatic rings. The summed E-state index contributed by atoms with van der Waals surface area (Å²) in [6, 6.07) is 1.97. The SMILES string of the molecule is CC1(Nc2ccncc2Br)CCOC1. The first-order valence-electron chi connectivity index (χ1n) is 4.65. The molecule has 2 heterocycles. The molecule has 76 valence electrons. The Labute approximate surface area is 92.0 Å². The van der Waals surface area contributed by atoms with Crippen LogP contribution in [0, 0.1) is 0 Å². The topological polar surface area (TPSA) is 34.2 Å². The highest BCUT2D eigenvalue weighted by molar-refractivity contribution is 9.10. The summed E-state index contributed by atoms with van der Waals surface area (Å²) in [7, 11) is 0. The van der Waals surface area contributed by atoms with Crippen LogP contribution in [0.4, 0.5) is 5.69 Å². The summed E-state index contributed by atoms with van der Waals surface area (Å²) in [4.78, 5) is 4.02. The summed E-state index contributed by atoms with van der Waals surface area (Å²) >= 11 is 3.46. The van der Waals surface area contributed by atoms with E-state index < -0.39 is 0 Å². The van der Waals surface area contributed by atoms with E-state index in [1.807, 2.05) is 6.07 Å². The smallest absolute Gasteiger partial charge is 0.0694 e. The van der Waals surface area contributed by atoms with Crippen LogP contribution in [0.15, 0.2) is 22.9 Å². The van der Waals surface area contributed by atoms with Crippen molar-refractivity contribution < 1.29 is 4.74 Å². The van der Waals surface area contributed by atoms with E-state index in [1.54, 1.807) is 12.4 Å². The third-order valence-electron chi connectivity index (χ3n) is 2.43. The fourth-order valence-electron chi connectivity index (χ4n) is 1.57. The predicted octanol–water partition coefficient (Wildman–Crippen LogP) is 2.44. The summed E-state index contributed by atoms with van der Waals surface area (Å²) < 4.78 is 6.37. The van der Waals surface area contributed by atoms with Crippen LogP contribution in [0.2, 0.25) is 0 Å². The first kappa shape index (κ1) is 9.93. The first-order chi connectivity index (χ1) is 6.70. The monoisotopic (exact) mass is 256 g/mol. The zero-order chi connectivity index (χ0) is 10.0. The standard InChI is InChI=1S/C10H13BrN2O/c1-10(3-5-14-7-10)13-9-2-4-12-6-8(9)11/h2,4,6H,3,5,7H2,1H3,(H,12,13). The fraction of sp³-hybridized carbons (Fsp3) is 0.500. The number of nitrogens with one attached hydrogen (secondary N) is 1. The molecule has 1 aromatic rings. The Morgan fingerprint density at radius 2 is 2.50 bits per heavy atom. The summed E-state index contributed by atoms with van der Waals surface area (Å²) in [5.74, 6) is 0. The number of pyridine rings is 1. The molecule has 0 amide bonds. The molecule has 0 bridgehead atoms. The first-order valence-corrected chi connectivity index (χ1v) is 5.44. The van der Waals surface area contributed by atoms with Crippen LogP contribution in [0.5, 0.6) is 0 Å². The summed E-state index contributed by atoms with van der Waals surface area (Å²) in [6.07, 6.45) is 4.62. The van der Waals surface area contributed by atoms with Crippen LogP contribution in [-0.4, -0.2) is 23.7 Å². The Balaban J connectivity index is 2.14. The highest BCUT2D eigenvalue weighted by Gasteiger charge is 2.29. The van der Waals surface area contributed by atoms with Crippen LogP contribution in [-0.2, 0) is 4.74 Å². The molecule has 14 heavy (non-hydrogen) atoms. The molecule has 0 aromatic carbocycles. The molecular weight excluding hydrogens is 244 g/mol. The van der Waals surface area contributed by atoms with Gasteiger partial charge in [-0.25, -0.2) is 0 Å². The van der Waals surface area contributed by atoms with Crippen LogP contribution in [0.1, 0.15) is 13.3 Å². The Morgan fingerprint density at radius 3 is 3.14 bits per heavy atom. The highest BCUT2D eigenvalue weighted by atomic mass is 79.9. The molecule has 0 aliphatic carbocycles. The molecule has 1 unspecified atom stereocenters.